The minimum absolute atomic E-state index is 0.239. The van der Waals surface area contributed by atoms with Gasteiger partial charge in [0.2, 0.25) is 10.0 Å². The van der Waals surface area contributed by atoms with E-state index in [9.17, 15) is 12.8 Å². The summed E-state index contributed by atoms with van der Waals surface area (Å²) in [5.41, 5.74) is 0.239. The van der Waals surface area contributed by atoms with Gasteiger partial charge >= 0.3 is 0 Å². The molecule has 1 aliphatic heterocycles. The Morgan fingerprint density at radius 1 is 1.40 bits per heavy atom. The van der Waals surface area contributed by atoms with Crippen LogP contribution in [0.3, 0.4) is 0 Å². The maximum Gasteiger partial charge on any atom is 0.218 e. The first-order valence-electron chi connectivity index (χ1n) is 6.89. The summed E-state index contributed by atoms with van der Waals surface area (Å²) >= 11 is 0. The SMILES string of the molecule is CNCC1CCCN(S(=O)(=O)Cc2ccccc2F)C1. The smallest absolute Gasteiger partial charge is 0.218 e. The summed E-state index contributed by atoms with van der Waals surface area (Å²) in [6, 6.07) is 6.05. The zero-order valence-electron chi connectivity index (χ0n) is 11.7. The normalized spacial score (nSPS) is 21.0. The Morgan fingerprint density at radius 3 is 2.85 bits per heavy atom. The molecule has 1 heterocycles. The minimum atomic E-state index is -3.44. The van der Waals surface area contributed by atoms with Crippen LogP contribution in [0.2, 0.25) is 0 Å². The molecule has 0 aliphatic carbocycles. The first kappa shape index (κ1) is 15.4. The van der Waals surface area contributed by atoms with Crippen molar-refractivity contribution in [1.29, 1.82) is 0 Å². The molecule has 0 amide bonds. The number of nitrogens with one attached hydrogen (secondary N) is 1. The van der Waals surface area contributed by atoms with Crippen LogP contribution in [0, 0.1) is 11.7 Å². The molecular formula is C14H21FN2O2S. The van der Waals surface area contributed by atoms with Crippen molar-refractivity contribution in [2.24, 2.45) is 5.92 Å². The van der Waals surface area contributed by atoms with E-state index in [1.54, 1.807) is 12.1 Å². The standard InChI is InChI=1S/C14H21FN2O2S/c1-16-9-12-5-4-8-17(10-12)20(18,19)11-13-6-2-3-7-14(13)15/h2-3,6-7,12,16H,4-5,8-11H2,1H3. The molecule has 1 aromatic carbocycles. The van der Waals surface area contributed by atoms with E-state index in [4.69, 9.17) is 0 Å². The van der Waals surface area contributed by atoms with E-state index < -0.39 is 15.8 Å². The van der Waals surface area contributed by atoms with Gasteiger partial charge in [0.25, 0.3) is 0 Å². The summed E-state index contributed by atoms with van der Waals surface area (Å²) in [4.78, 5) is 0. The van der Waals surface area contributed by atoms with E-state index in [-0.39, 0.29) is 11.3 Å². The van der Waals surface area contributed by atoms with Crippen molar-refractivity contribution in [2.75, 3.05) is 26.7 Å². The molecule has 0 bridgehead atoms. The van der Waals surface area contributed by atoms with Crippen LogP contribution in [0.15, 0.2) is 24.3 Å². The number of sulfonamides is 1. The fraction of sp³-hybridized carbons (Fsp3) is 0.571. The van der Waals surface area contributed by atoms with Crippen molar-refractivity contribution in [3.63, 3.8) is 0 Å². The molecule has 6 heteroatoms. The molecule has 112 valence electrons. The van der Waals surface area contributed by atoms with Crippen molar-refractivity contribution >= 4 is 10.0 Å². The number of piperidine rings is 1. The van der Waals surface area contributed by atoms with E-state index in [1.807, 2.05) is 7.05 Å². The summed E-state index contributed by atoms with van der Waals surface area (Å²) in [7, 11) is -1.58. The number of hydrogen-bond donors (Lipinski definition) is 1. The molecule has 1 N–H and O–H groups in total. The Labute approximate surface area is 120 Å². The van der Waals surface area contributed by atoms with Crippen molar-refractivity contribution in [3.8, 4) is 0 Å². The van der Waals surface area contributed by atoms with Crippen LogP contribution >= 0.6 is 0 Å². The molecule has 1 saturated heterocycles. The van der Waals surface area contributed by atoms with E-state index >= 15 is 0 Å². The predicted octanol–water partition coefficient (Wildman–Crippen LogP) is 1.59. The van der Waals surface area contributed by atoms with Gasteiger partial charge in [-0.3, -0.25) is 0 Å². The van der Waals surface area contributed by atoms with Crippen molar-refractivity contribution in [2.45, 2.75) is 18.6 Å². The highest BCUT2D eigenvalue weighted by atomic mass is 32.2. The fourth-order valence-corrected chi connectivity index (χ4v) is 4.29. The van der Waals surface area contributed by atoms with Gasteiger partial charge in [0, 0.05) is 18.7 Å². The topological polar surface area (TPSA) is 49.4 Å². The van der Waals surface area contributed by atoms with Gasteiger partial charge in [0.15, 0.2) is 0 Å². The quantitative estimate of drug-likeness (QED) is 0.898. The largest absolute Gasteiger partial charge is 0.319 e. The van der Waals surface area contributed by atoms with E-state index in [0.717, 1.165) is 19.4 Å². The lowest BCUT2D eigenvalue weighted by Gasteiger charge is -2.31. The molecule has 4 nitrogen and oxygen atoms in total. The molecule has 1 aromatic rings. The van der Waals surface area contributed by atoms with E-state index in [1.165, 1.54) is 16.4 Å². The van der Waals surface area contributed by atoms with Crippen LogP contribution in [0.4, 0.5) is 4.39 Å². The van der Waals surface area contributed by atoms with Crippen molar-refractivity contribution in [3.05, 3.63) is 35.6 Å². The zero-order chi connectivity index (χ0) is 14.6. The van der Waals surface area contributed by atoms with Crippen LogP contribution in [0.1, 0.15) is 18.4 Å². The summed E-state index contributed by atoms with van der Waals surface area (Å²) < 4.78 is 39.9. The summed E-state index contributed by atoms with van der Waals surface area (Å²) in [5, 5.41) is 3.09. The zero-order valence-corrected chi connectivity index (χ0v) is 12.5. The number of hydrogen-bond acceptors (Lipinski definition) is 3. The van der Waals surface area contributed by atoms with Crippen LogP contribution in [0.5, 0.6) is 0 Å². The lowest BCUT2D eigenvalue weighted by molar-refractivity contribution is 0.263. The minimum Gasteiger partial charge on any atom is -0.319 e. The molecule has 1 fully saturated rings. The van der Waals surface area contributed by atoms with Gasteiger partial charge in [-0.1, -0.05) is 18.2 Å². The molecule has 20 heavy (non-hydrogen) atoms. The fourth-order valence-electron chi connectivity index (χ4n) is 2.64. The molecule has 0 aromatic heterocycles. The maximum atomic E-state index is 13.6. The lowest BCUT2D eigenvalue weighted by atomic mass is 10.00. The van der Waals surface area contributed by atoms with Gasteiger partial charge in [-0.05, 0) is 38.4 Å². The van der Waals surface area contributed by atoms with Gasteiger partial charge < -0.3 is 5.32 Å². The molecular weight excluding hydrogens is 279 g/mol. The summed E-state index contributed by atoms with van der Waals surface area (Å²) in [5.74, 6) is -0.379. The third-order valence-electron chi connectivity index (χ3n) is 3.66. The molecule has 0 spiro atoms. The Balaban J connectivity index is 2.08. The number of nitrogens with zero attached hydrogens (tertiary/aromatic N) is 1. The van der Waals surface area contributed by atoms with Crippen molar-refractivity contribution in [1.82, 2.24) is 9.62 Å². The average molecular weight is 300 g/mol. The van der Waals surface area contributed by atoms with Crippen LogP contribution in [0.25, 0.3) is 0 Å². The maximum absolute atomic E-state index is 13.6. The molecule has 1 unspecified atom stereocenters. The summed E-state index contributed by atoms with van der Waals surface area (Å²) in [6.45, 7) is 1.88. The van der Waals surface area contributed by atoms with Gasteiger partial charge in [-0.25, -0.2) is 17.1 Å². The number of benzene rings is 1. The lowest BCUT2D eigenvalue weighted by Crippen LogP contribution is -2.42. The third-order valence-corrected chi connectivity index (χ3v) is 5.46. The first-order valence-corrected chi connectivity index (χ1v) is 8.49. The van der Waals surface area contributed by atoms with Gasteiger partial charge in [0.1, 0.15) is 5.82 Å². The third kappa shape index (κ3) is 3.77. The molecule has 0 saturated carbocycles. The Hall–Kier alpha value is -0.980. The monoisotopic (exact) mass is 300 g/mol. The highest BCUT2D eigenvalue weighted by Crippen LogP contribution is 2.21. The predicted molar refractivity (Wildman–Crippen MR) is 77.2 cm³/mol. The Morgan fingerprint density at radius 2 is 2.15 bits per heavy atom. The number of rotatable bonds is 5. The average Bonchev–Trinajstić information content (AvgIpc) is 2.42. The Kier molecular flexibility index (Phi) is 5.12. The van der Waals surface area contributed by atoms with Crippen LogP contribution < -0.4 is 5.32 Å². The second kappa shape index (κ2) is 6.65. The Bertz CT molecular complexity index is 546. The van der Waals surface area contributed by atoms with E-state index in [0.29, 0.717) is 19.0 Å². The first-order chi connectivity index (χ1) is 9.53. The summed E-state index contributed by atoms with van der Waals surface area (Å²) in [6.07, 6.45) is 1.90. The van der Waals surface area contributed by atoms with Gasteiger partial charge in [-0.2, -0.15) is 0 Å². The molecule has 1 atom stereocenters. The van der Waals surface area contributed by atoms with Gasteiger partial charge in [0.05, 0.1) is 5.75 Å². The molecule has 2 rings (SSSR count). The van der Waals surface area contributed by atoms with Crippen LogP contribution in [-0.4, -0.2) is 39.4 Å². The van der Waals surface area contributed by atoms with Crippen LogP contribution in [-0.2, 0) is 15.8 Å². The highest BCUT2D eigenvalue weighted by Gasteiger charge is 2.29. The van der Waals surface area contributed by atoms with Crippen molar-refractivity contribution < 1.29 is 12.8 Å². The number of halogens is 1. The second-order valence-electron chi connectivity index (χ2n) is 5.27. The van der Waals surface area contributed by atoms with E-state index in [2.05, 4.69) is 5.32 Å². The molecule has 0 radical (unpaired) electrons. The van der Waals surface area contributed by atoms with Gasteiger partial charge in [-0.15, -0.1) is 0 Å². The molecule has 1 aliphatic rings. The second-order valence-corrected chi connectivity index (χ2v) is 7.24. The highest BCUT2D eigenvalue weighted by molar-refractivity contribution is 7.88.